The molecule has 0 radical (unpaired) electrons. The van der Waals surface area contributed by atoms with Crippen LogP contribution in [0.15, 0.2) is 16.7 Å². The molecule has 1 aromatic rings. The van der Waals surface area contributed by atoms with Gasteiger partial charge in [0.1, 0.15) is 11.4 Å². The Morgan fingerprint density at radius 2 is 2.11 bits per heavy atom. The van der Waals surface area contributed by atoms with Crippen molar-refractivity contribution in [2.24, 2.45) is 0 Å². The number of aliphatic hydroxyl groups excluding tert-OH is 1. The zero-order valence-corrected chi connectivity index (χ0v) is 17.9. The normalized spacial score (nSPS) is 20.3. The minimum Gasteiger partial charge on any atom is -0.543 e. The van der Waals surface area contributed by atoms with Gasteiger partial charge in [0.25, 0.3) is 5.91 Å². The monoisotopic (exact) mass is 428 g/mol. The van der Waals surface area contributed by atoms with Crippen LogP contribution in [0, 0.1) is 0 Å². The molecule has 0 unspecified atom stereocenters. The molecule has 2 atom stereocenters. The van der Waals surface area contributed by atoms with Crippen molar-refractivity contribution in [3.63, 3.8) is 0 Å². The third kappa shape index (κ3) is 5.00. The van der Waals surface area contributed by atoms with E-state index in [0.717, 1.165) is 4.90 Å². The average Bonchev–Trinajstić information content (AvgIpc) is 2.95. The van der Waals surface area contributed by atoms with E-state index in [1.807, 2.05) is 0 Å². The molecule has 11 nitrogen and oxygen atoms in total. The van der Waals surface area contributed by atoms with Crippen molar-refractivity contribution in [2.75, 3.05) is 18.1 Å². The van der Waals surface area contributed by atoms with Crippen molar-refractivity contribution >= 4 is 46.0 Å². The molecular formula is C13H17N4NaO7S2. The summed E-state index contributed by atoms with van der Waals surface area (Å²) in [5.74, 6) is -2.20. The number of aliphatic hydroxyl groups is 1. The van der Waals surface area contributed by atoms with Crippen molar-refractivity contribution in [3.8, 4) is 0 Å². The van der Waals surface area contributed by atoms with Gasteiger partial charge in [-0.3, -0.25) is 14.5 Å². The zero-order valence-electron chi connectivity index (χ0n) is 14.2. The van der Waals surface area contributed by atoms with E-state index in [1.165, 1.54) is 23.1 Å². The number of aromatic nitrogens is 1. The van der Waals surface area contributed by atoms with Crippen LogP contribution in [-0.2, 0) is 20.8 Å². The maximum Gasteiger partial charge on any atom is 1.00 e. The van der Waals surface area contributed by atoms with Crippen LogP contribution < -0.4 is 45.7 Å². The predicted molar refractivity (Wildman–Crippen MR) is 91.6 cm³/mol. The summed E-state index contributed by atoms with van der Waals surface area (Å²) in [7, 11) is 0. The van der Waals surface area contributed by atoms with Gasteiger partial charge in [0.2, 0.25) is 5.91 Å². The number of amides is 2. The van der Waals surface area contributed by atoms with E-state index < -0.39 is 35.8 Å². The van der Waals surface area contributed by atoms with E-state index >= 15 is 0 Å². The summed E-state index contributed by atoms with van der Waals surface area (Å²) in [5, 5.41) is 24.5. The number of thioether (sulfide) groups is 1. The smallest absolute Gasteiger partial charge is 0.543 e. The number of fused-ring (bicyclic) bond motifs is 1. The second-order valence-electron chi connectivity index (χ2n) is 5.21. The summed E-state index contributed by atoms with van der Waals surface area (Å²) in [6.07, 6.45) is -0.0139. The van der Waals surface area contributed by atoms with E-state index in [4.69, 9.17) is 5.73 Å². The molecule has 0 aliphatic carbocycles. The minimum absolute atomic E-state index is 0. The summed E-state index contributed by atoms with van der Waals surface area (Å²) in [5.41, 5.74) is 5.93. The Balaban J connectivity index is 0.00000225. The molecule has 14 heteroatoms. The van der Waals surface area contributed by atoms with Gasteiger partial charge in [-0.25, -0.2) is 4.98 Å². The Morgan fingerprint density at radius 3 is 2.63 bits per heavy atom. The van der Waals surface area contributed by atoms with Gasteiger partial charge >= 0.3 is 29.6 Å². The fraction of sp³-hybridized carbons (Fsp3) is 0.385. The molecule has 0 bridgehead atoms. The van der Waals surface area contributed by atoms with Gasteiger partial charge < -0.3 is 37.0 Å². The first-order chi connectivity index (χ1) is 11.4. The van der Waals surface area contributed by atoms with Gasteiger partial charge in [0.05, 0.1) is 30.4 Å². The number of anilines is 1. The number of hydrogen-bond donors (Lipinski definition) is 3. The molecule has 1 fully saturated rings. The Labute approximate surface area is 183 Å². The second kappa shape index (κ2) is 10.4. The average molecular weight is 428 g/mol. The number of hydrogen-bond acceptors (Lipinski definition) is 9. The predicted octanol–water partition coefficient (Wildman–Crippen LogP) is -6.98. The molecule has 0 spiro atoms. The molecule has 0 saturated carbocycles. The SMILES string of the molecule is Nc1nc(CC(=O)N[C@@H]2C(=O)N3C(C(=O)[O-])=C(CO)CS[C@@H]23)cs1.O.O.[Na+]. The first kappa shape index (κ1) is 25.8. The van der Waals surface area contributed by atoms with E-state index in [1.54, 1.807) is 5.38 Å². The van der Waals surface area contributed by atoms with Gasteiger partial charge in [-0.1, -0.05) is 0 Å². The van der Waals surface area contributed by atoms with E-state index in [0.29, 0.717) is 10.8 Å². The van der Waals surface area contributed by atoms with E-state index in [9.17, 15) is 24.6 Å². The molecule has 144 valence electrons. The minimum atomic E-state index is -1.51. The number of carbonyl (C=O) groups excluding carboxylic acids is 3. The molecule has 2 aliphatic heterocycles. The summed E-state index contributed by atoms with van der Waals surface area (Å²) < 4.78 is 0. The van der Waals surface area contributed by atoms with Gasteiger partial charge in [-0.15, -0.1) is 23.1 Å². The van der Waals surface area contributed by atoms with E-state index in [2.05, 4.69) is 10.3 Å². The number of rotatable bonds is 5. The molecule has 3 rings (SSSR count). The standard InChI is InChI=1S/C13H14N4O5S2.Na.2H2O/c14-13-15-6(4-24-13)1-7(19)16-8-10(20)17-9(12(21)22)5(2-18)3-23-11(8)17;;;/h4,8,11,18H,1-3H2,(H2,14,15)(H,16,19)(H,21,22);;2*1H2/q;+1;;/p-1/t8-,11+;;;/m1.../s1. The summed E-state index contributed by atoms with van der Waals surface area (Å²) in [6.45, 7) is -0.463. The number of β-lactam (4-membered cyclic amide) rings is 1. The third-order valence-electron chi connectivity index (χ3n) is 3.66. The Hall–Kier alpha value is -1.19. The second-order valence-corrected chi connectivity index (χ2v) is 7.20. The maximum absolute atomic E-state index is 12.2. The van der Waals surface area contributed by atoms with Crippen molar-refractivity contribution in [3.05, 3.63) is 22.3 Å². The number of nitrogens with two attached hydrogens (primary N) is 1. The number of carboxylic acids is 1. The third-order valence-corrected chi connectivity index (χ3v) is 5.72. The molecule has 8 N–H and O–H groups in total. The number of nitrogens with zero attached hydrogens (tertiary/aromatic N) is 2. The van der Waals surface area contributed by atoms with Gasteiger partial charge in [-0.2, -0.15) is 0 Å². The van der Waals surface area contributed by atoms with Gasteiger partial charge in [-0.05, 0) is 5.57 Å². The first-order valence-corrected chi connectivity index (χ1v) is 8.83. The Bertz CT molecular complexity index is 757. The summed E-state index contributed by atoms with van der Waals surface area (Å²) in [4.78, 5) is 40.5. The number of thiazole rings is 1. The Kier molecular flexibility index (Phi) is 9.92. The largest absolute Gasteiger partial charge is 1.00 e. The van der Waals surface area contributed by atoms with Crippen molar-refractivity contribution in [1.29, 1.82) is 0 Å². The van der Waals surface area contributed by atoms with Crippen molar-refractivity contribution in [1.82, 2.24) is 15.2 Å². The van der Waals surface area contributed by atoms with Crippen LogP contribution in [0.4, 0.5) is 5.13 Å². The number of nitrogens with one attached hydrogen (secondary N) is 1. The molecule has 1 aromatic heterocycles. The van der Waals surface area contributed by atoms with Crippen LogP contribution in [0.1, 0.15) is 5.69 Å². The number of nitrogen functional groups attached to an aromatic ring is 1. The van der Waals surface area contributed by atoms with Gasteiger partial charge in [0, 0.05) is 11.1 Å². The number of carbonyl (C=O) groups is 3. The number of carboxylic acid groups (broad SMARTS) is 1. The van der Waals surface area contributed by atoms with Crippen molar-refractivity contribution < 1.29 is 65.1 Å². The molecule has 27 heavy (non-hydrogen) atoms. The van der Waals surface area contributed by atoms with Crippen LogP contribution >= 0.6 is 23.1 Å². The summed E-state index contributed by atoms with van der Waals surface area (Å²) >= 11 is 2.49. The van der Waals surface area contributed by atoms with Crippen LogP contribution in [0.2, 0.25) is 0 Å². The topological polar surface area (TPSA) is 212 Å². The zero-order chi connectivity index (χ0) is 17.4. The van der Waals surface area contributed by atoms with Crippen LogP contribution in [0.5, 0.6) is 0 Å². The fourth-order valence-corrected chi connectivity index (χ4v) is 4.48. The van der Waals surface area contributed by atoms with Crippen LogP contribution in [-0.4, -0.2) is 67.5 Å². The van der Waals surface area contributed by atoms with Gasteiger partial charge in [0.15, 0.2) is 5.13 Å². The molecule has 2 aliphatic rings. The van der Waals surface area contributed by atoms with Crippen molar-refractivity contribution in [2.45, 2.75) is 17.8 Å². The molecule has 3 heterocycles. The van der Waals surface area contributed by atoms with E-state index in [-0.39, 0.29) is 64.0 Å². The number of aliphatic carboxylic acids is 1. The molecule has 1 saturated heterocycles. The first-order valence-electron chi connectivity index (χ1n) is 6.90. The fourth-order valence-electron chi connectivity index (χ4n) is 2.59. The molecular weight excluding hydrogens is 411 g/mol. The Morgan fingerprint density at radius 1 is 1.44 bits per heavy atom. The van der Waals surface area contributed by atoms with Crippen LogP contribution in [0.25, 0.3) is 0 Å². The molecule has 0 aromatic carbocycles. The van der Waals surface area contributed by atoms with Crippen LogP contribution in [0.3, 0.4) is 0 Å². The molecule has 2 amide bonds. The maximum atomic E-state index is 12.2. The summed E-state index contributed by atoms with van der Waals surface area (Å²) in [6, 6.07) is -0.812. The quantitative estimate of drug-likeness (QED) is 0.302.